The Kier molecular flexibility index (Phi) is 5.07. The number of rotatable bonds is 2. The van der Waals surface area contributed by atoms with E-state index in [1.165, 1.54) is 16.7 Å². The van der Waals surface area contributed by atoms with Crippen LogP contribution in [0.25, 0.3) is 0 Å². The predicted molar refractivity (Wildman–Crippen MR) is 88.8 cm³/mol. The SMILES string of the molecule is CC(C)(C)OC(=O)N1[C@@H](c2ccccc2Br)SC[C@H]1C(=O)O. The highest BCUT2D eigenvalue weighted by molar-refractivity contribution is 9.10. The van der Waals surface area contributed by atoms with Crippen LogP contribution in [0.1, 0.15) is 31.7 Å². The van der Waals surface area contributed by atoms with Gasteiger partial charge < -0.3 is 9.84 Å². The van der Waals surface area contributed by atoms with Crippen molar-refractivity contribution >= 4 is 39.8 Å². The molecule has 120 valence electrons. The molecular weight excluding hydrogens is 370 g/mol. The maximum Gasteiger partial charge on any atom is 0.412 e. The minimum Gasteiger partial charge on any atom is -0.480 e. The number of hydrogen-bond acceptors (Lipinski definition) is 4. The maximum atomic E-state index is 12.5. The number of carbonyl (C=O) groups excluding carboxylic acids is 1. The highest BCUT2D eigenvalue weighted by Crippen LogP contribution is 2.44. The third-order valence-electron chi connectivity index (χ3n) is 3.06. The zero-order valence-corrected chi connectivity index (χ0v) is 15.0. The molecule has 1 saturated heterocycles. The van der Waals surface area contributed by atoms with E-state index in [9.17, 15) is 14.7 Å². The van der Waals surface area contributed by atoms with Crippen LogP contribution in [0, 0.1) is 0 Å². The van der Waals surface area contributed by atoms with Crippen LogP contribution in [0.2, 0.25) is 0 Å². The van der Waals surface area contributed by atoms with Gasteiger partial charge in [-0.05, 0) is 32.4 Å². The van der Waals surface area contributed by atoms with Gasteiger partial charge in [0.1, 0.15) is 17.0 Å². The molecule has 2 rings (SSSR count). The molecule has 2 atom stereocenters. The second-order valence-electron chi connectivity index (χ2n) is 5.95. The highest BCUT2D eigenvalue weighted by atomic mass is 79.9. The molecular formula is C15H18BrNO4S. The van der Waals surface area contributed by atoms with Crippen molar-refractivity contribution in [2.45, 2.75) is 37.8 Å². The average Bonchev–Trinajstić information content (AvgIpc) is 2.82. The fraction of sp³-hybridized carbons (Fsp3) is 0.467. The fourth-order valence-electron chi connectivity index (χ4n) is 2.15. The number of thioether (sulfide) groups is 1. The third-order valence-corrected chi connectivity index (χ3v) is 5.09. The second kappa shape index (κ2) is 6.50. The standard InChI is InChI=1S/C15H18BrNO4S/c1-15(2,3)21-14(20)17-11(13(18)19)8-22-12(17)9-6-4-5-7-10(9)16/h4-7,11-12H,8H2,1-3H3,(H,18,19)/t11-,12+/m0/s1. The summed E-state index contributed by atoms with van der Waals surface area (Å²) in [5.74, 6) is -0.687. The van der Waals surface area contributed by atoms with Gasteiger partial charge in [0.25, 0.3) is 0 Å². The van der Waals surface area contributed by atoms with Crippen LogP contribution in [-0.2, 0) is 9.53 Å². The predicted octanol–water partition coefficient (Wildman–Crippen LogP) is 3.88. The first kappa shape index (κ1) is 17.1. The number of carboxylic acid groups (broad SMARTS) is 1. The zero-order chi connectivity index (χ0) is 16.5. The van der Waals surface area contributed by atoms with Crippen LogP contribution in [0.15, 0.2) is 28.7 Å². The number of carbonyl (C=O) groups is 2. The van der Waals surface area contributed by atoms with Gasteiger partial charge in [0, 0.05) is 10.2 Å². The van der Waals surface area contributed by atoms with Gasteiger partial charge >= 0.3 is 12.1 Å². The highest BCUT2D eigenvalue weighted by Gasteiger charge is 2.44. The van der Waals surface area contributed by atoms with Gasteiger partial charge in [-0.1, -0.05) is 34.1 Å². The lowest BCUT2D eigenvalue weighted by Gasteiger charge is -2.30. The molecule has 1 heterocycles. The van der Waals surface area contributed by atoms with E-state index >= 15 is 0 Å². The number of ether oxygens (including phenoxy) is 1. The van der Waals surface area contributed by atoms with E-state index in [4.69, 9.17) is 4.74 Å². The Bertz CT molecular complexity index is 587. The van der Waals surface area contributed by atoms with Gasteiger partial charge in [-0.2, -0.15) is 0 Å². The number of halogens is 1. The molecule has 1 aromatic rings. The molecule has 1 amide bonds. The van der Waals surface area contributed by atoms with Crippen molar-refractivity contribution in [3.8, 4) is 0 Å². The van der Waals surface area contributed by atoms with Crippen molar-refractivity contribution in [2.24, 2.45) is 0 Å². The fourth-order valence-corrected chi connectivity index (χ4v) is 4.25. The first-order valence-electron chi connectivity index (χ1n) is 6.81. The van der Waals surface area contributed by atoms with E-state index in [0.717, 1.165) is 10.0 Å². The van der Waals surface area contributed by atoms with Crippen LogP contribution in [0.4, 0.5) is 4.79 Å². The number of hydrogen-bond donors (Lipinski definition) is 1. The molecule has 7 heteroatoms. The summed E-state index contributed by atoms with van der Waals surface area (Å²) in [5.41, 5.74) is 0.188. The zero-order valence-electron chi connectivity index (χ0n) is 12.6. The third kappa shape index (κ3) is 3.76. The summed E-state index contributed by atoms with van der Waals surface area (Å²) < 4.78 is 6.23. The summed E-state index contributed by atoms with van der Waals surface area (Å²) in [4.78, 5) is 25.3. The van der Waals surface area contributed by atoms with Gasteiger partial charge in [0.15, 0.2) is 0 Å². The average molecular weight is 388 g/mol. The Balaban J connectivity index is 2.35. The van der Waals surface area contributed by atoms with E-state index in [1.54, 1.807) is 20.8 Å². The van der Waals surface area contributed by atoms with E-state index < -0.39 is 23.7 Å². The topological polar surface area (TPSA) is 66.8 Å². The van der Waals surface area contributed by atoms with Crippen molar-refractivity contribution in [2.75, 3.05) is 5.75 Å². The maximum absolute atomic E-state index is 12.5. The molecule has 0 aromatic heterocycles. The monoisotopic (exact) mass is 387 g/mol. The van der Waals surface area contributed by atoms with E-state index in [2.05, 4.69) is 15.9 Å². The number of nitrogens with zero attached hydrogens (tertiary/aromatic N) is 1. The summed E-state index contributed by atoms with van der Waals surface area (Å²) in [6.07, 6.45) is -0.606. The molecule has 1 N–H and O–H groups in total. The largest absolute Gasteiger partial charge is 0.480 e. The minimum absolute atomic E-state index is 0.334. The number of carboxylic acids is 1. The summed E-state index contributed by atoms with van der Waals surface area (Å²) in [6.45, 7) is 5.28. The van der Waals surface area contributed by atoms with Crippen molar-refractivity contribution < 1.29 is 19.4 Å². The quantitative estimate of drug-likeness (QED) is 0.833. The van der Waals surface area contributed by atoms with Crippen LogP contribution < -0.4 is 0 Å². The van der Waals surface area contributed by atoms with Crippen LogP contribution in [0.5, 0.6) is 0 Å². The number of benzene rings is 1. The Labute approximate surface area is 142 Å². The molecule has 0 saturated carbocycles. The van der Waals surface area contributed by atoms with E-state index in [-0.39, 0.29) is 5.37 Å². The van der Waals surface area contributed by atoms with Crippen molar-refractivity contribution in [1.82, 2.24) is 4.90 Å². The Morgan fingerprint density at radius 2 is 2.00 bits per heavy atom. The van der Waals surface area contributed by atoms with Gasteiger partial charge in [-0.15, -0.1) is 11.8 Å². The normalized spacial score (nSPS) is 21.7. The lowest BCUT2D eigenvalue weighted by molar-refractivity contribution is -0.142. The molecule has 22 heavy (non-hydrogen) atoms. The van der Waals surface area contributed by atoms with Crippen LogP contribution in [-0.4, -0.2) is 39.5 Å². The first-order valence-corrected chi connectivity index (χ1v) is 8.65. The van der Waals surface area contributed by atoms with E-state index in [1.807, 2.05) is 24.3 Å². The second-order valence-corrected chi connectivity index (χ2v) is 7.92. The lowest BCUT2D eigenvalue weighted by atomic mass is 10.2. The molecule has 1 aromatic carbocycles. The molecule has 0 bridgehead atoms. The van der Waals surface area contributed by atoms with Crippen molar-refractivity contribution in [3.63, 3.8) is 0 Å². The van der Waals surface area contributed by atoms with Gasteiger partial charge in [-0.3, -0.25) is 4.90 Å². The molecule has 1 aliphatic rings. The smallest absolute Gasteiger partial charge is 0.412 e. The van der Waals surface area contributed by atoms with Crippen molar-refractivity contribution in [3.05, 3.63) is 34.3 Å². The molecule has 0 aliphatic carbocycles. The first-order chi connectivity index (χ1) is 10.2. The Morgan fingerprint density at radius 3 is 2.55 bits per heavy atom. The summed E-state index contributed by atoms with van der Waals surface area (Å²) >= 11 is 4.88. The lowest BCUT2D eigenvalue weighted by Crippen LogP contribution is -2.45. The molecule has 1 aliphatic heterocycles. The Morgan fingerprint density at radius 1 is 1.36 bits per heavy atom. The van der Waals surface area contributed by atoms with Gasteiger partial charge in [0.05, 0.1) is 0 Å². The summed E-state index contributed by atoms with van der Waals surface area (Å²) in [5, 5.41) is 9.01. The molecule has 5 nitrogen and oxygen atoms in total. The van der Waals surface area contributed by atoms with E-state index in [0.29, 0.717) is 5.75 Å². The number of aliphatic carboxylic acids is 1. The number of amides is 1. The molecule has 0 spiro atoms. The van der Waals surface area contributed by atoms with Crippen molar-refractivity contribution in [1.29, 1.82) is 0 Å². The minimum atomic E-state index is -1.02. The molecule has 0 radical (unpaired) electrons. The van der Waals surface area contributed by atoms with Gasteiger partial charge in [-0.25, -0.2) is 9.59 Å². The van der Waals surface area contributed by atoms with Gasteiger partial charge in [0.2, 0.25) is 0 Å². The molecule has 0 unspecified atom stereocenters. The van der Waals surface area contributed by atoms with Crippen LogP contribution >= 0.6 is 27.7 Å². The Hall–Kier alpha value is -1.21. The van der Waals surface area contributed by atoms with Crippen LogP contribution in [0.3, 0.4) is 0 Å². The molecule has 1 fully saturated rings. The summed E-state index contributed by atoms with van der Waals surface area (Å²) in [6, 6.07) is 6.60. The summed E-state index contributed by atoms with van der Waals surface area (Å²) in [7, 11) is 0.